The van der Waals surface area contributed by atoms with Gasteiger partial charge in [0.25, 0.3) is 0 Å². The lowest BCUT2D eigenvalue weighted by atomic mass is 9.94. The molecule has 0 amide bonds. The first kappa shape index (κ1) is 17.7. The lowest BCUT2D eigenvalue weighted by Gasteiger charge is -2.28. The zero-order valence-electron chi connectivity index (χ0n) is 13.2. The van der Waals surface area contributed by atoms with E-state index >= 15 is 0 Å². The van der Waals surface area contributed by atoms with Gasteiger partial charge in [0.1, 0.15) is 10.3 Å². The molecule has 8 heteroatoms. The maximum absolute atomic E-state index is 12.4. The van der Waals surface area contributed by atoms with E-state index in [1.54, 1.807) is 24.4 Å². The average molecular weight is 387 g/mol. The third kappa shape index (κ3) is 4.47. The van der Waals surface area contributed by atoms with Gasteiger partial charge in [0.15, 0.2) is 0 Å². The molecule has 1 aliphatic carbocycles. The van der Waals surface area contributed by atoms with Gasteiger partial charge in [-0.3, -0.25) is 0 Å². The predicted molar refractivity (Wildman–Crippen MR) is 95.3 cm³/mol. The molecule has 0 spiro atoms. The topological polar surface area (TPSA) is 68.3 Å². The number of ether oxygens (including phenoxy) is 1. The van der Waals surface area contributed by atoms with Crippen molar-refractivity contribution in [2.75, 3.05) is 0 Å². The second-order valence-corrected chi connectivity index (χ2v) is 9.56. The lowest BCUT2D eigenvalue weighted by Crippen LogP contribution is -2.39. The number of halogens is 1. The number of aromatic nitrogens is 1. The monoisotopic (exact) mass is 386 g/mol. The SMILES string of the molecule is Cc1ccc(S(=O)(=O)NC2CCC(Oc3ccc(Cl)cn3)CC2)s1. The van der Waals surface area contributed by atoms with Gasteiger partial charge in [0.05, 0.1) is 5.02 Å². The number of hydrogen-bond donors (Lipinski definition) is 1. The molecule has 0 radical (unpaired) electrons. The largest absolute Gasteiger partial charge is 0.474 e. The van der Waals surface area contributed by atoms with Crippen LogP contribution in [-0.4, -0.2) is 25.5 Å². The van der Waals surface area contributed by atoms with E-state index in [0.29, 0.717) is 15.1 Å². The zero-order chi connectivity index (χ0) is 17.2. The van der Waals surface area contributed by atoms with Gasteiger partial charge in [-0.1, -0.05) is 11.6 Å². The van der Waals surface area contributed by atoms with E-state index in [1.165, 1.54) is 11.3 Å². The standard InChI is InChI=1S/C16H19ClN2O3S2/c1-11-2-9-16(23-11)24(20,21)19-13-4-6-14(7-5-13)22-15-8-3-12(17)10-18-15/h2-3,8-10,13-14,19H,4-7H2,1H3. The van der Waals surface area contributed by atoms with Crippen LogP contribution in [0, 0.1) is 6.92 Å². The Morgan fingerprint density at radius 1 is 1.21 bits per heavy atom. The first-order valence-electron chi connectivity index (χ1n) is 7.79. The van der Waals surface area contributed by atoms with Crippen molar-refractivity contribution in [3.8, 4) is 5.88 Å². The third-order valence-electron chi connectivity index (χ3n) is 3.96. The van der Waals surface area contributed by atoms with Gasteiger partial charge in [-0.2, -0.15) is 0 Å². The molecule has 3 rings (SSSR count). The minimum atomic E-state index is -3.42. The summed E-state index contributed by atoms with van der Waals surface area (Å²) in [6, 6.07) is 6.92. The second kappa shape index (κ2) is 7.39. The van der Waals surface area contributed by atoms with Crippen LogP contribution >= 0.6 is 22.9 Å². The summed E-state index contributed by atoms with van der Waals surface area (Å²) in [4.78, 5) is 5.12. The summed E-state index contributed by atoms with van der Waals surface area (Å²) >= 11 is 7.10. The Morgan fingerprint density at radius 3 is 2.54 bits per heavy atom. The van der Waals surface area contributed by atoms with Crippen LogP contribution in [0.4, 0.5) is 0 Å². The van der Waals surface area contributed by atoms with Crippen molar-refractivity contribution in [3.05, 3.63) is 40.4 Å². The molecule has 2 heterocycles. The first-order chi connectivity index (χ1) is 11.4. The van der Waals surface area contributed by atoms with E-state index in [-0.39, 0.29) is 12.1 Å². The Balaban J connectivity index is 1.52. The van der Waals surface area contributed by atoms with E-state index in [2.05, 4.69) is 9.71 Å². The molecule has 0 bridgehead atoms. The van der Waals surface area contributed by atoms with E-state index in [9.17, 15) is 8.42 Å². The number of pyridine rings is 1. The fraction of sp³-hybridized carbons (Fsp3) is 0.438. The van der Waals surface area contributed by atoms with Crippen molar-refractivity contribution in [1.82, 2.24) is 9.71 Å². The van der Waals surface area contributed by atoms with Gasteiger partial charge in [-0.25, -0.2) is 18.1 Å². The number of nitrogens with one attached hydrogen (secondary N) is 1. The molecule has 24 heavy (non-hydrogen) atoms. The van der Waals surface area contributed by atoms with Gasteiger partial charge in [0, 0.05) is 23.2 Å². The summed E-state index contributed by atoms with van der Waals surface area (Å²) in [7, 11) is -3.42. The minimum Gasteiger partial charge on any atom is -0.474 e. The Bertz CT molecular complexity index is 782. The Morgan fingerprint density at radius 2 is 1.96 bits per heavy atom. The smallest absolute Gasteiger partial charge is 0.250 e. The van der Waals surface area contributed by atoms with Crippen LogP contribution in [0.1, 0.15) is 30.6 Å². The quantitative estimate of drug-likeness (QED) is 0.849. The average Bonchev–Trinajstić information content (AvgIpc) is 2.99. The first-order valence-corrected chi connectivity index (χ1v) is 10.5. The van der Waals surface area contributed by atoms with Crippen LogP contribution in [0.5, 0.6) is 5.88 Å². The van der Waals surface area contributed by atoms with Crippen LogP contribution < -0.4 is 9.46 Å². The zero-order valence-corrected chi connectivity index (χ0v) is 15.6. The van der Waals surface area contributed by atoms with Crippen molar-refractivity contribution in [2.24, 2.45) is 0 Å². The second-order valence-electron chi connectivity index (χ2n) is 5.89. The number of nitrogens with zero attached hydrogens (tertiary/aromatic N) is 1. The van der Waals surface area contributed by atoms with Crippen molar-refractivity contribution < 1.29 is 13.2 Å². The number of rotatable bonds is 5. The Kier molecular flexibility index (Phi) is 5.44. The highest BCUT2D eigenvalue weighted by atomic mass is 35.5. The Hall–Kier alpha value is -1.15. The number of thiophene rings is 1. The molecule has 0 aromatic carbocycles. The Labute approximate surface area is 151 Å². The minimum absolute atomic E-state index is 0.0459. The molecule has 2 aromatic heterocycles. The van der Waals surface area contributed by atoms with Crippen molar-refractivity contribution in [1.29, 1.82) is 0 Å². The van der Waals surface area contributed by atoms with Gasteiger partial charge >= 0.3 is 0 Å². The molecule has 0 atom stereocenters. The maximum atomic E-state index is 12.4. The summed E-state index contributed by atoms with van der Waals surface area (Å²) in [6.07, 6.45) is 4.70. The van der Waals surface area contributed by atoms with Crippen LogP contribution in [0.15, 0.2) is 34.7 Å². The van der Waals surface area contributed by atoms with Gasteiger partial charge in [-0.05, 0) is 50.8 Å². The van der Waals surface area contributed by atoms with E-state index in [0.717, 1.165) is 30.6 Å². The van der Waals surface area contributed by atoms with Crippen LogP contribution in [-0.2, 0) is 10.0 Å². The van der Waals surface area contributed by atoms with Crippen molar-refractivity contribution in [2.45, 2.75) is 49.0 Å². The fourth-order valence-corrected chi connectivity index (χ4v) is 5.45. The van der Waals surface area contributed by atoms with E-state index in [1.807, 2.05) is 13.0 Å². The van der Waals surface area contributed by atoms with Crippen LogP contribution in [0.2, 0.25) is 5.02 Å². The van der Waals surface area contributed by atoms with Crippen LogP contribution in [0.3, 0.4) is 0 Å². The number of aryl methyl sites for hydroxylation is 1. The maximum Gasteiger partial charge on any atom is 0.250 e. The highest BCUT2D eigenvalue weighted by Gasteiger charge is 2.27. The molecule has 0 unspecified atom stereocenters. The number of sulfonamides is 1. The van der Waals surface area contributed by atoms with E-state index in [4.69, 9.17) is 16.3 Å². The highest BCUT2D eigenvalue weighted by Crippen LogP contribution is 2.26. The van der Waals surface area contributed by atoms with E-state index < -0.39 is 10.0 Å². The molecule has 0 aliphatic heterocycles. The predicted octanol–water partition coefficient (Wildman–Crippen LogP) is 3.77. The molecule has 1 saturated carbocycles. The summed E-state index contributed by atoms with van der Waals surface area (Å²) < 4.78 is 33.7. The summed E-state index contributed by atoms with van der Waals surface area (Å²) in [6.45, 7) is 1.90. The van der Waals surface area contributed by atoms with Crippen molar-refractivity contribution >= 4 is 33.0 Å². The van der Waals surface area contributed by atoms with Gasteiger partial charge in [-0.15, -0.1) is 11.3 Å². The van der Waals surface area contributed by atoms with Gasteiger partial charge in [0.2, 0.25) is 15.9 Å². The normalized spacial score (nSPS) is 21.6. The molecule has 1 aliphatic rings. The summed E-state index contributed by atoms with van der Waals surface area (Å²) in [5.74, 6) is 0.553. The molecule has 0 saturated heterocycles. The summed E-state index contributed by atoms with van der Waals surface area (Å²) in [5.41, 5.74) is 0. The lowest BCUT2D eigenvalue weighted by molar-refractivity contribution is 0.138. The van der Waals surface area contributed by atoms with Gasteiger partial charge < -0.3 is 4.74 Å². The van der Waals surface area contributed by atoms with Crippen molar-refractivity contribution in [3.63, 3.8) is 0 Å². The summed E-state index contributed by atoms with van der Waals surface area (Å²) in [5, 5.41) is 0.573. The highest BCUT2D eigenvalue weighted by molar-refractivity contribution is 7.91. The molecule has 130 valence electrons. The molecule has 5 nitrogen and oxygen atoms in total. The molecular formula is C16H19ClN2O3S2. The molecular weight excluding hydrogens is 368 g/mol. The number of hydrogen-bond acceptors (Lipinski definition) is 5. The van der Waals surface area contributed by atoms with Crippen LogP contribution in [0.25, 0.3) is 0 Å². The molecule has 2 aromatic rings. The molecule has 1 fully saturated rings. The third-order valence-corrected chi connectivity index (χ3v) is 7.20. The molecule has 1 N–H and O–H groups in total. The fourth-order valence-electron chi connectivity index (χ4n) is 2.74.